The van der Waals surface area contributed by atoms with Gasteiger partial charge in [0, 0.05) is 18.4 Å². The number of carbonyl (C=O) groups is 1. The number of rotatable bonds is 3. The highest BCUT2D eigenvalue weighted by Crippen LogP contribution is 2.29. The number of piperidine rings is 1. The van der Waals surface area contributed by atoms with Gasteiger partial charge in [0.1, 0.15) is 5.01 Å². The largest absolute Gasteiger partial charge is 0.316 e. The molecule has 1 aromatic heterocycles. The molecule has 1 aromatic rings. The fourth-order valence-corrected chi connectivity index (χ4v) is 3.97. The second-order valence-electron chi connectivity index (χ2n) is 5.81. The lowest BCUT2D eigenvalue weighted by Gasteiger charge is -2.20. The van der Waals surface area contributed by atoms with Gasteiger partial charge in [0.15, 0.2) is 0 Å². The van der Waals surface area contributed by atoms with Gasteiger partial charge in [0.2, 0.25) is 11.0 Å². The van der Waals surface area contributed by atoms with Crippen LogP contribution in [0.3, 0.4) is 0 Å². The third-order valence-electron chi connectivity index (χ3n) is 4.29. The first kappa shape index (κ1) is 13.9. The molecule has 2 N–H and O–H groups in total. The van der Waals surface area contributed by atoms with Crippen molar-refractivity contribution in [1.29, 1.82) is 0 Å². The lowest BCUT2D eigenvalue weighted by Crippen LogP contribution is -2.28. The highest BCUT2D eigenvalue weighted by Gasteiger charge is 2.23. The first-order chi connectivity index (χ1) is 9.83. The molecule has 1 saturated carbocycles. The van der Waals surface area contributed by atoms with E-state index in [1.54, 1.807) is 0 Å². The molecule has 1 aliphatic carbocycles. The van der Waals surface area contributed by atoms with E-state index in [1.807, 2.05) is 0 Å². The summed E-state index contributed by atoms with van der Waals surface area (Å²) in [6.45, 7) is 2.08. The van der Waals surface area contributed by atoms with E-state index in [0.29, 0.717) is 11.0 Å². The molecule has 2 aliphatic rings. The molecule has 2 heterocycles. The summed E-state index contributed by atoms with van der Waals surface area (Å²) in [5.41, 5.74) is 0. The molecule has 1 amide bonds. The van der Waals surface area contributed by atoms with Gasteiger partial charge in [0.25, 0.3) is 0 Å². The van der Waals surface area contributed by atoms with Crippen LogP contribution in [-0.2, 0) is 4.79 Å². The number of hydrogen-bond donors (Lipinski definition) is 2. The van der Waals surface area contributed by atoms with Gasteiger partial charge in [-0.05, 0) is 32.2 Å². The fraction of sp³-hybridized carbons (Fsp3) is 0.786. The van der Waals surface area contributed by atoms with Crippen LogP contribution in [0.2, 0.25) is 0 Å². The average Bonchev–Trinajstić information content (AvgIpc) is 2.97. The number of anilines is 1. The fourth-order valence-electron chi connectivity index (χ4n) is 3.08. The summed E-state index contributed by atoms with van der Waals surface area (Å²) in [7, 11) is 0. The van der Waals surface area contributed by atoms with Crippen LogP contribution in [0, 0.1) is 5.92 Å². The minimum atomic E-state index is 0.133. The van der Waals surface area contributed by atoms with Crippen molar-refractivity contribution in [3.63, 3.8) is 0 Å². The number of nitrogens with zero attached hydrogens (tertiary/aromatic N) is 2. The van der Waals surface area contributed by atoms with Crippen molar-refractivity contribution >= 4 is 22.4 Å². The van der Waals surface area contributed by atoms with Gasteiger partial charge in [-0.1, -0.05) is 30.6 Å². The molecule has 2 fully saturated rings. The van der Waals surface area contributed by atoms with Crippen molar-refractivity contribution in [2.24, 2.45) is 5.92 Å². The lowest BCUT2D eigenvalue weighted by molar-refractivity contribution is -0.120. The average molecular weight is 294 g/mol. The lowest BCUT2D eigenvalue weighted by atomic mass is 9.89. The molecular weight excluding hydrogens is 272 g/mol. The molecule has 1 unspecified atom stereocenters. The van der Waals surface area contributed by atoms with Crippen LogP contribution < -0.4 is 10.6 Å². The second kappa shape index (κ2) is 6.63. The summed E-state index contributed by atoms with van der Waals surface area (Å²) in [4.78, 5) is 12.2. The highest BCUT2D eigenvalue weighted by atomic mass is 32.1. The monoisotopic (exact) mass is 294 g/mol. The summed E-state index contributed by atoms with van der Waals surface area (Å²) in [6.07, 6.45) is 8.00. The molecule has 1 saturated heterocycles. The van der Waals surface area contributed by atoms with Crippen molar-refractivity contribution < 1.29 is 4.79 Å². The topological polar surface area (TPSA) is 66.9 Å². The van der Waals surface area contributed by atoms with E-state index in [-0.39, 0.29) is 11.8 Å². The van der Waals surface area contributed by atoms with E-state index in [9.17, 15) is 4.79 Å². The first-order valence-corrected chi connectivity index (χ1v) is 8.49. The summed E-state index contributed by atoms with van der Waals surface area (Å²) < 4.78 is 0. The Labute approximate surface area is 123 Å². The van der Waals surface area contributed by atoms with Crippen molar-refractivity contribution in [3.8, 4) is 0 Å². The molecule has 0 spiro atoms. The van der Waals surface area contributed by atoms with E-state index < -0.39 is 0 Å². The van der Waals surface area contributed by atoms with Gasteiger partial charge in [0.05, 0.1) is 0 Å². The number of carbonyl (C=O) groups excluding carboxylic acids is 1. The summed E-state index contributed by atoms with van der Waals surface area (Å²) in [5.74, 6) is 0.767. The normalized spacial score (nSPS) is 24.5. The smallest absolute Gasteiger partial charge is 0.229 e. The van der Waals surface area contributed by atoms with Crippen LogP contribution in [0.25, 0.3) is 0 Å². The van der Waals surface area contributed by atoms with E-state index in [4.69, 9.17) is 0 Å². The third-order valence-corrected chi connectivity index (χ3v) is 5.29. The zero-order valence-electron chi connectivity index (χ0n) is 11.7. The maximum Gasteiger partial charge on any atom is 0.229 e. The number of hydrogen-bond acceptors (Lipinski definition) is 5. The second-order valence-corrected chi connectivity index (χ2v) is 6.82. The maximum absolute atomic E-state index is 12.2. The van der Waals surface area contributed by atoms with Crippen LogP contribution in [0.4, 0.5) is 5.13 Å². The maximum atomic E-state index is 12.2. The number of amides is 1. The van der Waals surface area contributed by atoms with E-state index >= 15 is 0 Å². The van der Waals surface area contributed by atoms with E-state index in [2.05, 4.69) is 20.8 Å². The van der Waals surface area contributed by atoms with Crippen molar-refractivity contribution in [1.82, 2.24) is 15.5 Å². The predicted octanol–water partition coefficient (Wildman–Crippen LogP) is 2.52. The Kier molecular flexibility index (Phi) is 4.62. The van der Waals surface area contributed by atoms with Crippen molar-refractivity contribution in [2.75, 3.05) is 18.4 Å². The predicted molar refractivity (Wildman–Crippen MR) is 80.0 cm³/mol. The Morgan fingerprint density at radius 2 is 2.00 bits per heavy atom. The van der Waals surface area contributed by atoms with Crippen molar-refractivity contribution in [3.05, 3.63) is 5.01 Å². The molecule has 0 radical (unpaired) electrons. The minimum Gasteiger partial charge on any atom is -0.316 e. The Morgan fingerprint density at radius 3 is 2.75 bits per heavy atom. The SMILES string of the molecule is O=C(Nc1nnc(C2CCCNC2)s1)C1CCCCC1. The van der Waals surface area contributed by atoms with Gasteiger partial charge in [-0.25, -0.2) is 0 Å². The summed E-state index contributed by atoms with van der Waals surface area (Å²) >= 11 is 1.54. The van der Waals surface area contributed by atoms with Gasteiger partial charge in [-0.2, -0.15) is 0 Å². The molecule has 3 rings (SSSR count). The quantitative estimate of drug-likeness (QED) is 0.899. The molecule has 20 heavy (non-hydrogen) atoms. The van der Waals surface area contributed by atoms with Crippen LogP contribution in [0.15, 0.2) is 0 Å². The molecule has 5 nitrogen and oxygen atoms in total. The number of aromatic nitrogens is 2. The molecule has 110 valence electrons. The standard InChI is InChI=1S/C14H22N4OS/c19-12(10-5-2-1-3-6-10)16-14-18-17-13(20-14)11-7-4-8-15-9-11/h10-11,15H,1-9H2,(H,16,18,19). The zero-order chi connectivity index (χ0) is 13.8. The Balaban J connectivity index is 1.57. The Bertz CT molecular complexity index is 450. The molecular formula is C14H22N4OS. The number of nitrogens with one attached hydrogen (secondary N) is 2. The molecule has 0 bridgehead atoms. The van der Waals surface area contributed by atoms with Crippen LogP contribution in [0.1, 0.15) is 55.9 Å². The van der Waals surface area contributed by atoms with Gasteiger partial charge >= 0.3 is 0 Å². The Hall–Kier alpha value is -1.01. The molecule has 6 heteroatoms. The van der Waals surface area contributed by atoms with Crippen molar-refractivity contribution in [2.45, 2.75) is 50.9 Å². The minimum absolute atomic E-state index is 0.133. The summed E-state index contributed by atoms with van der Waals surface area (Å²) in [6, 6.07) is 0. The van der Waals surface area contributed by atoms with E-state index in [1.165, 1.54) is 37.0 Å². The highest BCUT2D eigenvalue weighted by molar-refractivity contribution is 7.15. The van der Waals surface area contributed by atoms with Crippen LogP contribution in [0.5, 0.6) is 0 Å². The molecule has 0 aromatic carbocycles. The summed E-state index contributed by atoms with van der Waals surface area (Å²) in [5, 5.41) is 16.4. The van der Waals surface area contributed by atoms with Crippen LogP contribution >= 0.6 is 11.3 Å². The molecule has 1 aliphatic heterocycles. The van der Waals surface area contributed by atoms with Gasteiger partial charge in [-0.15, -0.1) is 10.2 Å². The zero-order valence-corrected chi connectivity index (χ0v) is 12.5. The Morgan fingerprint density at radius 1 is 1.15 bits per heavy atom. The molecule has 1 atom stereocenters. The van der Waals surface area contributed by atoms with E-state index in [0.717, 1.165) is 37.4 Å². The first-order valence-electron chi connectivity index (χ1n) is 7.68. The van der Waals surface area contributed by atoms with Crippen LogP contribution in [-0.4, -0.2) is 29.2 Å². The van der Waals surface area contributed by atoms with Gasteiger partial charge in [-0.3, -0.25) is 4.79 Å². The van der Waals surface area contributed by atoms with Gasteiger partial charge < -0.3 is 10.6 Å². The third kappa shape index (κ3) is 3.35.